The second-order valence-electron chi connectivity index (χ2n) is 3.23. The Morgan fingerprint density at radius 3 is 2.56 bits per heavy atom. The molecule has 1 unspecified atom stereocenters. The summed E-state index contributed by atoms with van der Waals surface area (Å²) in [5, 5.41) is 0. The van der Waals surface area contributed by atoms with Crippen LogP contribution in [0.25, 0.3) is 0 Å². The molecule has 0 heterocycles. The van der Waals surface area contributed by atoms with E-state index in [0.29, 0.717) is 5.69 Å². The van der Waals surface area contributed by atoms with Crippen LogP contribution in [0, 0.1) is 0 Å². The Kier molecular flexibility index (Phi) is 3.61. The molecular weight excluding hydrogens is 232 g/mol. The summed E-state index contributed by atoms with van der Waals surface area (Å²) < 4.78 is 35.8. The van der Waals surface area contributed by atoms with Gasteiger partial charge in [-0.05, 0) is 18.6 Å². The van der Waals surface area contributed by atoms with Crippen LogP contribution in [0.3, 0.4) is 0 Å². The third-order valence-corrected chi connectivity index (χ3v) is 3.12. The van der Waals surface area contributed by atoms with Gasteiger partial charge in [-0.25, -0.2) is 0 Å². The van der Waals surface area contributed by atoms with Crippen LogP contribution >= 0.6 is 0 Å². The second kappa shape index (κ2) is 4.58. The molecule has 0 aliphatic heterocycles. The van der Waals surface area contributed by atoms with Gasteiger partial charge in [0.2, 0.25) is 5.44 Å². The number of nitrogen functional groups attached to an aromatic ring is 2. The van der Waals surface area contributed by atoms with Crippen LogP contribution in [-0.2, 0) is 10.1 Å². The molecule has 0 amide bonds. The minimum atomic E-state index is -4.26. The zero-order valence-corrected chi connectivity index (χ0v) is 9.57. The molecule has 0 radical (unpaired) electrons. The van der Waals surface area contributed by atoms with Crippen molar-refractivity contribution in [2.45, 2.75) is 18.8 Å². The van der Waals surface area contributed by atoms with Crippen LogP contribution < -0.4 is 16.2 Å². The molecule has 16 heavy (non-hydrogen) atoms. The van der Waals surface area contributed by atoms with E-state index in [1.165, 1.54) is 6.07 Å². The van der Waals surface area contributed by atoms with E-state index in [4.69, 9.17) is 20.8 Å². The van der Waals surface area contributed by atoms with Gasteiger partial charge in [-0.15, -0.1) is 0 Å². The average molecular weight is 246 g/mol. The van der Waals surface area contributed by atoms with Gasteiger partial charge in [0.25, 0.3) is 0 Å². The number of rotatable bonds is 4. The number of hydrogen-bond acceptors (Lipinski definition) is 5. The van der Waals surface area contributed by atoms with Gasteiger partial charge >= 0.3 is 10.1 Å². The zero-order chi connectivity index (χ0) is 12.3. The standard InChI is InChI=1S/C9H14N2O4S/c1-2-8(16(12,13)14)15-7-5-3-4-6(10)9(7)11/h3-5,8H,2,10-11H2,1H3,(H,12,13,14). The molecule has 0 fully saturated rings. The largest absolute Gasteiger partial charge is 0.470 e. The highest BCUT2D eigenvalue weighted by Gasteiger charge is 2.23. The fourth-order valence-corrected chi connectivity index (χ4v) is 1.81. The van der Waals surface area contributed by atoms with Gasteiger partial charge in [-0.2, -0.15) is 8.42 Å². The van der Waals surface area contributed by atoms with Gasteiger partial charge in [0.1, 0.15) is 5.75 Å². The molecule has 1 aromatic carbocycles. The van der Waals surface area contributed by atoms with Crippen molar-refractivity contribution >= 4 is 21.5 Å². The minimum Gasteiger partial charge on any atom is -0.470 e. The Balaban J connectivity index is 3.00. The van der Waals surface area contributed by atoms with Crippen LogP contribution in [0.1, 0.15) is 13.3 Å². The summed E-state index contributed by atoms with van der Waals surface area (Å²) in [5.41, 5.74) is 10.2. The van der Waals surface area contributed by atoms with Crippen molar-refractivity contribution in [1.82, 2.24) is 0 Å². The van der Waals surface area contributed by atoms with E-state index < -0.39 is 15.6 Å². The summed E-state index contributed by atoms with van der Waals surface area (Å²) in [6.07, 6.45) is 0.104. The molecular formula is C9H14N2O4S. The molecule has 0 saturated carbocycles. The normalized spacial score (nSPS) is 13.4. The second-order valence-corrected chi connectivity index (χ2v) is 4.79. The number of benzene rings is 1. The lowest BCUT2D eigenvalue weighted by Crippen LogP contribution is -2.26. The molecule has 6 nitrogen and oxygen atoms in total. The van der Waals surface area contributed by atoms with Gasteiger partial charge in [-0.3, -0.25) is 4.55 Å². The number of nitrogens with two attached hydrogens (primary N) is 2. The summed E-state index contributed by atoms with van der Waals surface area (Å²) in [7, 11) is -4.26. The Morgan fingerprint density at radius 2 is 2.06 bits per heavy atom. The lowest BCUT2D eigenvalue weighted by atomic mass is 10.2. The Morgan fingerprint density at radius 1 is 1.44 bits per heavy atom. The molecule has 90 valence electrons. The monoisotopic (exact) mass is 246 g/mol. The Hall–Kier alpha value is -1.47. The maximum Gasteiger partial charge on any atom is 0.303 e. The zero-order valence-electron chi connectivity index (χ0n) is 8.75. The quantitative estimate of drug-likeness (QED) is 0.536. The first kappa shape index (κ1) is 12.6. The topological polar surface area (TPSA) is 116 Å². The molecule has 0 aliphatic rings. The molecule has 5 N–H and O–H groups in total. The SMILES string of the molecule is CCC(Oc1cccc(N)c1N)S(=O)(=O)O. The summed E-state index contributed by atoms with van der Waals surface area (Å²) in [4.78, 5) is 0. The first-order chi connectivity index (χ1) is 7.36. The van der Waals surface area contributed by atoms with Gasteiger partial charge < -0.3 is 16.2 Å². The fraction of sp³-hybridized carbons (Fsp3) is 0.333. The highest BCUT2D eigenvalue weighted by atomic mass is 32.2. The van der Waals surface area contributed by atoms with Gasteiger partial charge in [0.15, 0.2) is 0 Å². The molecule has 0 aliphatic carbocycles. The van der Waals surface area contributed by atoms with Crippen molar-refractivity contribution in [2.24, 2.45) is 0 Å². The maximum absolute atomic E-state index is 10.9. The molecule has 0 saturated heterocycles. The third kappa shape index (κ3) is 2.77. The van der Waals surface area contributed by atoms with Crippen LogP contribution in [0.15, 0.2) is 18.2 Å². The van der Waals surface area contributed by atoms with Crippen molar-refractivity contribution in [2.75, 3.05) is 11.5 Å². The minimum absolute atomic E-state index is 0.104. The van der Waals surface area contributed by atoms with E-state index in [9.17, 15) is 8.42 Å². The molecule has 1 aromatic rings. The van der Waals surface area contributed by atoms with Crippen molar-refractivity contribution in [3.8, 4) is 5.75 Å². The van der Waals surface area contributed by atoms with Gasteiger partial charge in [0.05, 0.1) is 11.4 Å². The van der Waals surface area contributed by atoms with Crippen molar-refractivity contribution in [3.63, 3.8) is 0 Å². The fourth-order valence-electron chi connectivity index (χ4n) is 1.16. The smallest absolute Gasteiger partial charge is 0.303 e. The molecule has 0 spiro atoms. The molecule has 7 heteroatoms. The van der Waals surface area contributed by atoms with E-state index >= 15 is 0 Å². The van der Waals surface area contributed by atoms with Gasteiger partial charge in [0, 0.05) is 0 Å². The first-order valence-corrected chi connectivity index (χ1v) is 6.13. The number of hydrogen-bond donors (Lipinski definition) is 3. The predicted octanol–water partition coefficient (Wildman–Crippen LogP) is 0.854. The van der Waals surface area contributed by atoms with Gasteiger partial charge in [-0.1, -0.05) is 13.0 Å². The Bertz CT molecular complexity index is 472. The average Bonchev–Trinajstić information content (AvgIpc) is 2.18. The predicted molar refractivity (Wildman–Crippen MR) is 61.5 cm³/mol. The molecule has 0 aromatic heterocycles. The highest BCUT2D eigenvalue weighted by Crippen LogP contribution is 2.28. The van der Waals surface area contributed by atoms with Crippen molar-refractivity contribution < 1.29 is 17.7 Å². The van der Waals surface area contributed by atoms with E-state index in [2.05, 4.69) is 0 Å². The lowest BCUT2D eigenvalue weighted by Gasteiger charge is -2.16. The maximum atomic E-state index is 10.9. The molecule has 1 rings (SSSR count). The van der Waals surface area contributed by atoms with Crippen LogP contribution in [0.4, 0.5) is 11.4 Å². The molecule has 0 bridgehead atoms. The van der Waals surface area contributed by atoms with E-state index in [1.807, 2.05) is 0 Å². The number of ether oxygens (including phenoxy) is 1. The van der Waals surface area contributed by atoms with Crippen LogP contribution in [0.5, 0.6) is 5.75 Å². The first-order valence-electron chi connectivity index (χ1n) is 4.63. The van der Waals surface area contributed by atoms with Crippen molar-refractivity contribution in [3.05, 3.63) is 18.2 Å². The summed E-state index contributed by atoms with van der Waals surface area (Å²) in [6, 6.07) is 4.63. The number of para-hydroxylation sites is 1. The Labute approximate surface area is 93.9 Å². The van der Waals surface area contributed by atoms with Crippen molar-refractivity contribution in [1.29, 1.82) is 0 Å². The summed E-state index contributed by atoms with van der Waals surface area (Å²) in [6.45, 7) is 1.57. The van der Waals surface area contributed by atoms with Crippen LogP contribution in [0.2, 0.25) is 0 Å². The summed E-state index contributed by atoms with van der Waals surface area (Å²) >= 11 is 0. The van der Waals surface area contributed by atoms with E-state index in [0.717, 1.165) is 0 Å². The third-order valence-electron chi connectivity index (χ3n) is 2.02. The lowest BCUT2D eigenvalue weighted by molar-refractivity contribution is 0.254. The van der Waals surface area contributed by atoms with E-state index in [-0.39, 0.29) is 17.9 Å². The van der Waals surface area contributed by atoms with E-state index in [1.54, 1.807) is 19.1 Å². The summed E-state index contributed by atoms with van der Waals surface area (Å²) in [5.74, 6) is 0.143. The molecule has 1 atom stereocenters. The highest BCUT2D eigenvalue weighted by molar-refractivity contribution is 7.86. The number of anilines is 2. The van der Waals surface area contributed by atoms with Crippen LogP contribution in [-0.4, -0.2) is 18.4 Å².